The summed E-state index contributed by atoms with van der Waals surface area (Å²) < 4.78 is 11.8. The van der Waals surface area contributed by atoms with E-state index in [9.17, 15) is 83.1 Å². The fraction of sp³-hybridized carbons (Fsp3) is 0.787. The average Bonchev–Trinajstić information content (AvgIpc) is 0.830. The Morgan fingerprint density at radius 1 is 0.614 bits per heavy atom. The molecule has 39 nitrogen and oxygen atoms in total. The van der Waals surface area contributed by atoms with E-state index in [1.165, 1.54) is 34.6 Å². The summed E-state index contributed by atoms with van der Waals surface area (Å²) in [6, 6.07) is -20.1. The first-order valence-corrected chi connectivity index (χ1v) is 39.4. The van der Waals surface area contributed by atoms with E-state index in [0.717, 1.165) is 30.4 Å². The van der Waals surface area contributed by atoms with Gasteiger partial charge < -0.3 is 121 Å². The number of fused-ring (bicyclic) bond motifs is 1. The monoisotopic (exact) mass is 1620 g/mol. The molecule has 2 rings (SSSR count). The van der Waals surface area contributed by atoms with E-state index in [2.05, 4.69) is 61.7 Å². The van der Waals surface area contributed by atoms with Gasteiger partial charge in [-0.3, -0.25) is 71.9 Å². The lowest BCUT2D eigenvalue weighted by atomic mass is 9.83. The molecule has 2 aliphatic rings. The molecule has 0 bridgehead atoms. The summed E-state index contributed by atoms with van der Waals surface area (Å²) in [5.41, 5.74) is 28.5. The molecule has 114 heavy (non-hydrogen) atoms. The molecule has 0 aromatic heterocycles. The van der Waals surface area contributed by atoms with Gasteiger partial charge in [-0.1, -0.05) is 83.1 Å². The molecule has 0 aromatic rings. The van der Waals surface area contributed by atoms with Crippen molar-refractivity contribution in [3.05, 3.63) is 0 Å². The molecule has 2 saturated heterocycles. The third kappa shape index (κ3) is 31.8. The number of hydrogen-bond acceptors (Lipinski definition) is 24. The minimum absolute atomic E-state index is 0.0189. The lowest BCUT2D eigenvalue weighted by Crippen LogP contribution is -2.65. The highest BCUT2D eigenvalue weighted by molar-refractivity contribution is 6.00. The molecule has 650 valence electrons. The number of primary amides is 3. The minimum Gasteiger partial charge on any atom is -0.481 e. The zero-order chi connectivity index (χ0) is 87.0. The number of likely N-dealkylation sites (N-methyl/N-ethyl adjacent to an activating group) is 1. The van der Waals surface area contributed by atoms with Crippen molar-refractivity contribution in [2.24, 2.45) is 81.9 Å². The van der Waals surface area contributed by atoms with Crippen LogP contribution in [0.15, 0.2) is 0 Å². The van der Waals surface area contributed by atoms with Crippen LogP contribution in [0.1, 0.15) is 186 Å². The zero-order valence-electron chi connectivity index (χ0n) is 68.7. The smallest absolute Gasteiger partial charge is 0.329 e. The number of nitrogens with one attached hydrogen (secondary N) is 9. The van der Waals surface area contributed by atoms with Crippen LogP contribution in [0.3, 0.4) is 0 Å². The van der Waals surface area contributed by atoms with Gasteiger partial charge in [0.2, 0.25) is 76.8 Å². The van der Waals surface area contributed by atoms with E-state index in [1.807, 2.05) is 6.92 Å². The van der Waals surface area contributed by atoms with Gasteiger partial charge in [-0.15, -0.1) is 0 Å². The van der Waals surface area contributed by atoms with E-state index in [4.69, 9.17) is 38.1 Å². The first kappa shape index (κ1) is 101. The SMILES string of the molecule is CO[C@H](C)[C@@H]1NC(=O)[C@H](CCC(N)=O)N(C)C(=O)[C@H](CC(C)C)NC(=O)[C@@H](CCCN)NC(=O)[C@@H](CO)NC(=O)[C@H](NC(=O)[C@@H](NC(=O)[C@H](O)[C@H](O)[C@H](CCC(N)=O)NC(=O)[C@@H](CCCN)NC(=O)[C@H](C)[C@H](O)[C@H](C)C[C@H](C)CC(C)C)[C@@H](C)[C@@H](C)C(N)=O)[C@@H]([C@H](C)C(C)C)OC(=O)[C@@H]2CCCCN2C(=O)[C@@H](CC(=O)O)NC1=O. The number of aliphatic hydroxyl groups excluding tert-OH is 4. The Hall–Kier alpha value is -8.76. The third-order valence-corrected chi connectivity index (χ3v) is 21.3. The predicted octanol–water partition coefficient (Wildman–Crippen LogP) is -4.48. The summed E-state index contributed by atoms with van der Waals surface area (Å²) >= 11 is 0. The number of carboxylic acids is 1. The number of esters is 1. The standard InChI is InChI=1S/C75H132N16O23/c1-35(2)30-38(7)32-39(8)59(97)43(12)64(101)82-46(20-18-27-76)65(102)81-45(23-25-53(78)93)60(98)61(99)72(109)87-56(41(10)42(11)63(80)100)69(106)89-58-62(40(9)37(5)6)114-75(112)52-22-16-17-29-91(52)74(111)49(33-55(95)96)85-70(107)57(44(13)113-15)88-68(105)51(24-26-54(79)94)90(14)73(110)48(31-36(3)4)84-66(103)47(21-19-28-77)83-67(104)50(34-92)86-71(58)108/h35-52,56-62,92,97-99H,16-34,76-77H2,1-15H3,(H2,78,93)(H2,79,94)(H2,80,100)(H,81,102)(H,82,101)(H,83,104)(H,84,103)(H,85,107)(H,86,108)(H,87,109)(H,88,105)(H,89,106)(H,95,96)/t38-,39-,40-,41+,42-,43-,44-,45+,46-,47-,48+,49-,50-,51+,52+,56+,57+,58-,59-,60-,61-,62-/m1/s1. The molecule has 22 atom stereocenters. The van der Waals surface area contributed by atoms with Crippen molar-refractivity contribution in [1.82, 2.24) is 57.7 Å². The summed E-state index contributed by atoms with van der Waals surface area (Å²) in [5.74, 6) is -24.8. The second-order valence-electron chi connectivity index (χ2n) is 31.8. The molecule has 2 aliphatic heterocycles. The summed E-state index contributed by atoms with van der Waals surface area (Å²) in [7, 11) is 2.31. The number of piperidine rings is 1. The normalized spacial score (nSPS) is 24.4. The molecule has 0 saturated carbocycles. The Kier molecular flexibility index (Phi) is 43.7. The highest BCUT2D eigenvalue weighted by atomic mass is 16.5. The van der Waals surface area contributed by atoms with E-state index in [1.54, 1.807) is 34.6 Å². The molecule has 2 heterocycles. The number of aliphatic carboxylic acids is 1. The summed E-state index contributed by atoms with van der Waals surface area (Å²) in [6.45, 7) is 19.6. The molecular formula is C75H132N16O23. The van der Waals surface area contributed by atoms with E-state index < -0.39 is 266 Å². The average molecular weight is 1630 g/mol. The molecule has 14 amide bonds. The summed E-state index contributed by atoms with van der Waals surface area (Å²) in [4.78, 5) is 230. The van der Waals surface area contributed by atoms with Crippen molar-refractivity contribution in [1.29, 1.82) is 0 Å². The van der Waals surface area contributed by atoms with Gasteiger partial charge in [0, 0.05) is 39.5 Å². The number of methoxy groups -OCH3 is 1. The Labute approximate surface area is 667 Å². The summed E-state index contributed by atoms with van der Waals surface area (Å²) in [6.07, 6.45) is -11.6. The Morgan fingerprint density at radius 2 is 1.20 bits per heavy atom. The number of cyclic esters (lactones) is 1. The van der Waals surface area contributed by atoms with E-state index >= 15 is 19.2 Å². The van der Waals surface area contributed by atoms with Gasteiger partial charge in [0.05, 0.1) is 37.2 Å². The molecule has 0 spiro atoms. The number of hydrogen-bond donors (Lipinski definition) is 19. The maximum Gasteiger partial charge on any atom is 0.329 e. The van der Waals surface area contributed by atoms with Crippen molar-refractivity contribution in [3.63, 3.8) is 0 Å². The highest BCUT2D eigenvalue weighted by Gasteiger charge is 2.48. The molecule has 0 unspecified atom stereocenters. The predicted molar refractivity (Wildman–Crippen MR) is 413 cm³/mol. The molecular weight excluding hydrogens is 1490 g/mol. The second-order valence-corrected chi connectivity index (χ2v) is 31.8. The van der Waals surface area contributed by atoms with Crippen molar-refractivity contribution in [2.75, 3.05) is 40.4 Å². The summed E-state index contributed by atoms with van der Waals surface area (Å²) in [5, 5.41) is 78.5. The number of amides is 14. The first-order valence-electron chi connectivity index (χ1n) is 39.4. The minimum atomic E-state index is -2.69. The molecule has 0 aromatic carbocycles. The van der Waals surface area contributed by atoms with Gasteiger partial charge in [0.15, 0.2) is 6.10 Å². The molecule has 0 aliphatic carbocycles. The van der Waals surface area contributed by atoms with Crippen LogP contribution in [-0.4, -0.2) is 267 Å². The third-order valence-electron chi connectivity index (χ3n) is 21.3. The molecule has 0 radical (unpaired) electrons. The van der Waals surface area contributed by atoms with Crippen LogP contribution in [0.5, 0.6) is 0 Å². The van der Waals surface area contributed by atoms with Crippen LogP contribution in [0.2, 0.25) is 0 Å². The fourth-order valence-corrected chi connectivity index (χ4v) is 13.9. The zero-order valence-corrected chi connectivity index (χ0v) is 68.7. The number of carbonyl (C=O) groups excluding carboxylic acids is 15. The maximum atomic E-state index is 15.5. The van der Waals surface area contributed by atoms with Gasteiger partial charge in [-0.25, -0.2) is 4.79 Å². The van der Waals surface area contributed by atoms with Crippen LogP contribution in [0.4, 0.5) is 0 Å². The van der Waals surface area contributed by atoms with Gasteiger partial charge >= 0.3 is 11.9 Å². The lowest BCUT2D eigenvalue weighted by molar-refractivity contribution is -0.168. The second kappa shape index (κ2) is 49.2. The number of nitrogens with two attached hydrogens (primary N) is 5. The van der Waals surface area contributed by atoms with Crippen LogP contribution >= 0.6 is 0 Å². The van der Waals surface area contributed by atoms with Crippen molar-refractivity contribution >= 4 is 94.6 Å². The number of carboxylic acid groups (broad SMARTS) is 1. The van der Waals surface area contributed by atoms with Crippen LogP contribution < -0.4 is 76.5 Å². The van der Waals surface area contributed by atoms with Crippen LogP contribution in [-0.2, 0) is 86.2 Å². The Balaban J connectivity index is 3.10. The number of aliphatic hydroxyl groups is 4. The van der Waals surface area contributed by atoms with Crippen molar-refractivity contribution in [2.45, 2.75) is 283 Å². The quantitative estimate of drug-likeness (QED) is 0.0257. The highest BCUT2D eigenvalue weighted by Crippen LogP contribution is 2.29. The number of nitrogens with zero attached hydrogens (tertiary/aromatic N) is 2. The molecule has 24 N–H and O–H groups in total. The Morgan fingerprint density at radius 3 is 1.75 bits per heavy atom. The van der Waals surface area contributed by atoms with Gasteiger partial charge in [0.25, 0.3) is 5.91 Å². The first-order chi connectivity index (χ1) is 53.2. The molecule has 2 fully saturated rings. The maximum absolute atomic E-state index is 15.5. The Bertz CT molecular complexity index is 3260. The van der Waals surface area contributed by atoms with Gasteiger partial charge in [-0.2, -0.15) is 0 Å². The number of rotatable bonds is 40. The van der Waals surface area contributed by atoms with E-state index in [-0.39, 0.29) is 82.8 Å². The number of carbonyl (C=O) groups is 16. The van der Waals surface area contributed by atoms with Crippen molar-refractivity contribution in [3.8, 4) is 0 Å². The van der Waals surface area contributed by atoms with E-state index in [0.29, 0.717) is 12.3 Å². The fourth-order valence-electron chi connectivity index (χ4n) is 13.9. The largest absolute Gasteiger partial charge is 0.481 e. The lowest BCUT2D eigenvalue weighted by Gasteiger charge is -2.39. The number of ether oxygens (including phenoxy) is 2. The van der Waals surface area contributed by atoms with Crippen molar-refractivity contribution < 1.29 is 112 Å². The van der Waals surface area contributed by atoms with Crippen LogP contribution in [0, 0.1) is 53.3 Å². The van der Waals surface area contributed by atoms with Gasteiger partial charge in [-0.05, 0) is 138 Å². The molecule has 39 heteroatoms. The van der Waals surface area contributed by atoms with Gasteiger partial charge in [0.1, 0.15) is 72.6 Å². The topological polar surface area (TPSA) is 638 Å². The van der Waals surface area contributed by atoms with Crippen LogP contribution in [0.25, 0.3) is 0 Å².